The lowest BCUT2D eigenvalue weighted by atomic mass is 9.80. The van der Waals surface area contributed by atoms with Crippen LogP contribution in [-0.4, -0.2) is 63.4 Å². The summed E-state index contributed by atoms with van der Waals surface area (Å²) in [5, 5.41) is 0. The molecular formula is C14H30ClN3O4S. The summed E-state index contributed by atoms with van der Waals surface area (Å²) in [5.41, 5.74) is 5.88. The Labute approximate surface area is 145 Å². The Morgan fingerprint density at radius 3 is 2.57 bits per heavy atom. The van der Waals surface area contributed by atoms with E-state index in [9.17, 15) is 13.2 Å². The highest BCUT2D eigenvalue weighted by atomic mass is 35.5. The molecule has 0 radical (unpaired) electrons. The number of hydrogen-bond donors (Lipinski definition) is 2. The van der Waals surface area contributed by atoms with Gasteiger partial charge in [0.25, 0.3) is 0 Å². The van der Waals surface area contributed by atoms with Gasteiger partial charge in [-0.15, -0.1) is 12.4 Å². The van der Waals surface area contributed by atoms with Gasteiger partial charge in [-0.1, -0.05) is 13.8 Å². The van der Waals surface area contributed by atoms with E-state index in [0.29, 0.717) is 13.1 Å². The number of nitrogens with two attached hydrogens (primary N) is 1. The number of nitrogens with zero attached hydrogens (tertiary/aromatic N) is 1. The summed E-state index contributed by atoms with van der Waals surface area (Å²) in [7, 11) is -3.50. The van der Waals surface area contributed by atoms with Gasteiger partial charge in [-0.05, 0) is 25.7 Å². The van der Waals surface area contributed by atoms with Crippen LogP contribution in [0, 0.1) is 5.41 Å². The molecule has 0 aromatic heterocycles. The number of ether oxygens (including phenoxy) is 1. The van der Waals surface area contributed by atoms with Gasteiger partial charge < -0.3 is 15.4 Å². The van der Waals surface area contributed by atoms with Crippen molar-refractivity contribution in [2.75, 3.05) is 32.0 Å². The number of rotatable bonds is 7. The standard InChI is InChI=1S/C14H29N3O4S.ClH/c1-11(2)21-7-8-22(19,20)16-9-13(18)17-6-5-12(15)14(3,4)10-17;/h11-12,16H,5-10,15H2,1-4H3;1H. The Kier molecular flexibility index (Phi) is 9.01. The van der Waals surface area contributed by atoms with Crippen molar-refractivity contribution in [2.24, 2.45) is 11.1 Å². The molecule has 0 spiro atoms. The van der Waals surface area contributed by atoms with Crippen molar-refractivity contribution >= 4 is 28.3 Å². The zero-order chi connectivity index (χ0) is 17.0. The van der Waals surface area contributed by atoms with E-state index in [1.807, 2.05) is 27.7 Å². The predicted molar refractivity (Wildman–Crippen MR) is 93.1 cm³/mol. The van der Waals surface area contributed by atoms with Gasteiger partial charge in [-0.2, -0.15) is 0 Å². The number of amides is 1. The number of sulfonamides is 1. The van der Waals surface area contributed by atoms with Crippen LogP contribution in [0.2, 0.25) is 0 Å². The summed E-state index contributed by atoms with van der Waals surface area (Å²) >= 11 is 0. The molecule has 1 aliphatic heterocycles. The van der Waals surface area contributed by atoms with E-state index in [4.69, 9.17) is 10.5 Å². The van der Waals surface area contributed by atoms with Crippen LogP contribution >= 0.6 is 12.4 Å². The summed E-state index contributed by atoms with van der Waals surface area (Å²) in [6.45, 7) is 8.74. The van der Waals surface area contributed by atoms with Crippen LogP contribution in [0.3, 0.4) is 0 Å². The molecule has 9 heteroatoms. The summed E-state index contributed by atoms with van der Waals surface area (Å²) in [5.74, 6) is -0.359. The van der Waals surface area contributed by atoms with Crippen LogP contribution in [-0.2, 0) is 19.6 Å². The lowest BCUT2D eigenvalue weighted by molar-refractivity contribution is -0.133. The number of carbonyl (C=O) groups excluding carboxylic acids is 1. The van der Waals surface area contributed by atoms with Crippen molar-refractivity contribution in [1.82, 2.24) is 9.62 Å². The van der Waals surface area contributed by atoms with Crippen LogP contribution in [0.15, 0.2) is 0 Å². The second-order valence-electron chi connectivity index (χ2n) is 6.76. The minimum atomic E-state index is -3.50. The van der Waals surface area contributed by atoms with Crippen molar-refractivity contribution in [2.45, 2.75) is 46.3 Å². The lowest BCUT2D eigenvalue weighted by Crippen LogP contribution is -2.55. The first-order chi connectivity index (χ1) is 10.0. The number of nitrogens with one attached hydrogen (secondary N) is 1. The van der Waals surface area contributed by atoms with Gasteiger partial charge in [0.1, 0.15) is 0 Å². The SMILES string of the molecule is CC(C)OCCS(=O)(=O)NCC(=O)N1CCC(N)C(C)(C)C1.Cl. The zero-order valence-corrected chi connectivity index (χ0v) is 16.0. The van der Waals surface area contributed by atoms with Crippen LogP contribution < -0.4 is 10.5 Å². The Morgan fingerprint density at radius 1 is 1.43 bits per heavy atom. The molecule has 3 N–H and O–H groups in total. The quantitative estimate of drug-likeness (QED) is 0.671. The Bertz CT molecular complexity index is 482. The average molecular weight is 372 g/mol. The van der Waals surface area contributed by atoms with E-state index in [-0.39, 0.29) is 54.8 Å². The molecule has 0 aromatic rings. The van der Waals surface area contributed by atoms with Gasteiger partial charge >= 0.3 is 0 Å². The highest BCUT2D eigenvalue weighted by molar-refractivity contribution is 7.89. The number of likely N-dealkylation sites (tertiary alicyclic amines) is 1. The third kappa shape index (κ3) is 7.80. The smallest absolute Gasteiger partial charge is 0.237 e. The highest BCUT2D eigenvalue weighted by Crippen LogP contribution is 2.27. The second-order valence-corrected chi connectivity index (χ2v) is 8.68. The molecule has 0 bridgehead atoms. The fraction of sp³-hybridized carbons (Fsp3) is 0.929. The average Bonchev–Trinajstić information content (AvgIpc) is 2.38. The molecule has 0 aliphatic carbocycles. The zero-order valence-electron chi connectivity index (χ0n) is 14.4. The summed E-state index contributed by atoms with van der Waals surface area (Å²) < 4.78 is 31.1. The molecule has 0 saturated carbocycles. The normalized spacial score (nSPS) is 21.1. The van der Waals surface area contributed by atoms with Crippen molar-refractivity contribution in [3.8, 4) is 0 Å². The van der Waals surface area contributed by atoms with Crippen molar-refractivity contribution in [3.05, 3.63) is 0 Å². The molecule has 1 aliphatic rings. The van der Waals surface area contributed by atoms with Gasteiger partial charge in [0.15, 0.2) is 0 Å². The van der Waals surface area contributed by atoms with E-state index in [1.54, 1.807) is 4.90 Å². The molecule has 1 atom stereocenters. The first-order valence-electron chi connectivity index (χ1n) is 7.66. The van der Waals surface area contributed by atoms with Gasteiger partial charge in [0.2, 0.25) is 15.9 Å². The van der Waals surface area contributed by atoms with Crippen LogP contribution in [0.5, 0.6) is 0 Å². The first kappa shape index (κ1) is 22.6. The number of halogens is 1. The summed E-state index contributed by atoms with van der Waals surface area (Å²) in [6.07, 6.45) is 0.713. The number of piperidine rings is 1. The van der Waals surface area contributed by atoms with Crippen LogP contribution in [0.4, 0.5) is 0 Å². The molecule has 1 unspecified atom stereocenters. The molecule has 23 heavy (non-hydrogen) atoms. The Balaban J connectivity index is 0.00000484. The van der Waals surface area contributed by atoms with Crippen LogP contribution in [0.1, 0.15) is 34.1 Å². The molecule has 1 fully saturated rings. The first-order valence-corrected chi connectivity index (χ1v) is 9.31. The summed E-state index contributed by atoms with van der Waals surface area (Å²) in [4.78, 5) is 13.8. The maximum atomic E-state index is 12.1. The van der Waals surface area contributed by atoms with Gasteiger partial charge in [-0.25, -0.2) is 13.1 Å². The van der Waals surface area contributed by atoms with Crippen molar-refractivity contribution in [1.29, 1.82) is 0 Å². The molecule has 7 nitrogen and oxygen atoms in total. The fourth-order valence-electron chi connectivity index (χ4n) is 2.34. The minimum Gasteiger partial charge on any atom is -0.378 e. The van der Waals surface area contributed by atoms with Gasteiger partial charge in [0, 0.05) is 19.1 Å². The predicted octanol–water partition coefficient (Wildman–Crippen LogP) is 0.338. The fourth-order valence-corrected chi connectivity index (χ4v) is 3.14. The van der Waals surface area contributed by atoms with E-state index in [2.05, 4.69) is 4.72 Å². The van der Waals surface area contributed by atoms with Crippen molar-refractivity contribution in [3.63, 3.8) is 0 Å². The lowest BCUT2D eigenvalue weighted by Gasteiger charge is -2.42. The van der Waals surface area contributed by atoms with Crippen LogP contribution in [0.25, 0.3) is 0 Å². The maximum absolute atomic E-state index is 12.1. The third-order valence-corrected chi connectivity index (χ3v) is 5.20. The molecular weight excluding hydrogens is 342 g/mol. The highest BCUT2D eigenvalue weighted by Gasteiger charge is 2.35. The number of carbonyl (C=O) groups is 1. The van der Waals surface area contributed by atoms with E-state index in [1.165, 1.54) is 0 Å². The van der Waals surface area contributed by atoms with Gasteiger partial charge in [0.05, 0.1) is 25.0 Å². The monoisotopic (exact) mass is 371 g/mol. The largest absolute Gasteiger partial charge is 0.378 e. The number of hydrogen-bond acceptors (Lipinski definition) is 5. The molecule has 138 valence electrons. The molecule has 0 aromatic carbocycles. The molecule has 1 rings (SSSR count). The third-order valence-electron chi connectivity index (χ3n) is 3.91. The molecule has 1 saturated heterocycles. The van der Waals surface area contributed by atoms with Gasteiger partial charge in [-0.3, -0.25) is 4.79 Å². The topological polar surface area (TPSA) is 102 Å². The maximum Gasteiger partial charge on any atom is 0.237 e. The minimum absolute atomic E-state index is 0. The summed E-state index contributed by atoms with van der Waals surface area (Å²) in [6, 6.07) is 0.0569. The Morgan fingerprint density at radius 2 is 2.04 bits per heavy atom. The van der Waals surface area contributed by atoms with E-state index in [0.717, 1.165) is 6.42 Å². The van der Waals surface area contributed by atoms with E-state index < -0.39 is 10.0 Å². The molecule has 1 heterocycles. The van der Waals surface area contributed by atoms with E-state index >= 15 is 0 Å². The second kappa shape index (κ2) is 9.17. The molecule has 1 amide bonds. The van der Waals surface area contributed by atoms with Crippen molar-refractivity contribution < 1.29 is 17.9 Å². The Hall–Kier alpha value is -0.410.